The van der Waals surface area contributed by atoms with E-state index in [1.165, 1.54) is 6.07 Å². The third kappa shape index (κ3) is 3.39. The van der Waals surface area contributed by atoms with E-state index < -0.39 is 17.7 Å². The maximum Gasteiger partial charge on any atom is 0.131 e. The second-order valence-electron chi connectivity index (χ2n) is 4.47. The molecule has 19 heavy (non-hydrogen) atoms. The largest absolute Gasteiger partial charge is 0.388 e. The van der Waals surface area contributed by atoms with Crippen LogP contribution in [0.3, 0.4) is 0 Å². The zero-order chi connectivity index (χ0) is 14.0. The van der Waals surface area contributed by atoms with Crippen LogP contribution in [-0.4, -0.2) is 5.11 Å². The van der Waals surface area contributed by atoms with Gasteiger partial charge in [-0.15, -0.1) is 0 Å². The number of aryl methyl sites for hydroxylation is 1. The molecule has 0 fully saturated rings. The van der Waals surface area contributed by atoms with Crippen LogP contribution < -0.4 is 0 Å². The molecular formula is C15H13BrF2O. The van der Waals surface area contributed by atoms with Gasteiger partial charge in [-0.2, -0.15) is 0 Å². The minimum Gasteiger partial charge on any atom is -0.388 e. The molecule has 2 aromatic rings. The lowest BCUT2D eigenvalue weighted by molar-refractivity contribution is 0.173. The molecule has 0 amide bonds. The quantitative estimate of drug-likeness (QED) is 0.891. The molecule has 0 saturated heterocycles. The molecule has 1 nitrogen and oxygen atoms in total. The first-order chi connectivity index (χ1) is 8.97. The van der Waals surface area contributed by atoms with E-state index in [0.717, 1.165) is 16.1 Å². The zero-order valence-corrected chi connectivity index (χ0v) is 11.9. The fourth-order valence-corrected chi connectivity index (χ4v) is 2.15. The number of rotatable bonds is 3. The van der Waals surface area contributed by atoms with Crippen molar-refractivity contribution in [3.05, 3.63) is 69.2 Å². The first-order valence-electron chi connectivity index (χ1n) is 5.85. The van der Waals surface area contributed by atoms with Gasteiger partial charge < -0.3 is 5.11 Å². The lowest BCUT2D eigenvalue weighted by Crippen LogP contribution is -2.06. The molecule has 1 N–H and O–H groups in total. The maximum absolute atomic E-state index is 13.6. The molecule has 1 atom stereocenters. The SMILES string of the molecule is Cc1cc(C(O)Cc2ccc(Br)cc2)c(F)cc1F. The summed E-state index contributed by atoms with van der Waals surface area (Å²) < 4.78 is 27.7. The molecule has 0 aliphatic heterocycles. The van der Waals surface area contributed by atoms with Crippen molar-refractivity contribution in [2.24, 2.45) is 0 Å². The second kappa shape index (κ2) is 5.80. The van der Waals surface area contributed by atoms with Crippen molar-refractivity contribution in [1.29, 1.82) is 0 Å². The highest BCUT2D eigenvalue weighted by Crippen LogP contribution is 2.24. The van der Waals surface area contributed by atoms with Gasteiger partial charge >= 0.3 is 0 Å². The molecule has 0 aliphatic carbocycles. The zero-order valence-electron chi connectivity index (χ0n) is 10.3. The van der Waals surface area contributed by atoms with E-state index in [1.54, 1.807) is 6.92 Å². The number of hydrogen-bond donors (Lipinski definition) is 1. The van der Waals surface area contributed by atoms with Gasteiger partial charge in [-0.1, -0.05) is 28.1 Å². The monoisotopic (exact) mass is 326 g/mol. The minimum absolute atomic E-state index is 0.127. The van der Waals surface area contributed by atoms with Crippen LogP contribution in [0, 0.1) is 18.6 Å². The van der Waals surface area contributed by atoms with E-state index in [0.29, 0.717) is 5.56 Å². The Bertz CT molecular complexity index is 581. The normalized spacial score (nSPS) is 12.5. The summed E-state index contributed by atoms with van der Waals surface area (Å²) in [6.45, 7) is 1.55. The first-order valence-corrected chi connectivity index (χ1v) is 6.64. The summed E-state index contributed by atoms with van der Waals surface area (Å²) in [4.78, 5) is 0. The van der Waals surface area contributed by atoms with E-state index in [-0.39, 0.29) is 12.0 Å². The van der Waals surface area contributed by atoms with Crippen molar-refractivity contribution in [3.8, 4) is 0 Å². The summed E-state index contributed by atoms with van der Waals surface area (Å²) in [6, 6.07) is 9.58. The van der Waals surface area contributed by atoms with Gasteiger partial charge in [0, 0.05) is 22.5 Å². The van der Waals surface area contributed by atoms with Crippen LogP contribution in [0.2, 0.25) is 0 Å². The molecule has 0 aliphatic rings. The Labute approximate surface area is 119 Å². The van der Waals surface area contributed by atoms with Crippen LogP contribution in [0.15, 0.2) is 40.9 Å². The van der Waals surface area contributed by atoms with Crippen LogP contribution in [-0.2, 0) is 6.42 Å². The molecule has 100 valence electrons. The molecular weight excluding hydrogens is 314 g/mol. The van der Waals surface area contributed by atoms with Crippen LogP contribution in [0.25, 0.3) is 0 Å². The standard InChI is InChI=1S/C15H13BrF2O/c1-9-6-12(14(18)8-13(9)17)15(19)7-10-2-4-11(16)5-3-10/h2-6,8,15,19H,7H2,1H3. The van der Waals surface area contributed by atoms with Crippen molar-refractivity contribution < 1.29 is 13.9 Å². The Hall–Kier alpha value is -1.26. The summed E-state index contributed by atoms with van der Waals surface area (Å²) >= 11 is 3.32. The number of benzene rings is 2. The van der Waals surface area contributed by atoms with Crippen molar-refractivity contribution in [1.82, 2.24) is 0 Å². The predicted octanol–water partition coefficient (Wildman–Crippen LogP) is 4.31. The Morgan fingerprint density at radius 3 is 2.37 bits per heavy atom. The summed E-state index contributed by atoms with van der Waals surface area (Å²) in [6.07, 6.45) is -0.699. The van der Waals surface area contributed by atoms with E-state index in [2.05, 4.69) is 15.9 Å². The van der Waals surface area contributed by atoms with Crippen LogP contribution in [0.4, 0.5) is 8.78 Å². The van der Waals surface area contributed by atoms with Crippen molar-refractivity contribution in [3.63, 3.8) is 0 Å². The molecule has 0 bridgehead atoms. The number of aliphatic hydroxyl groups excluding tert-OH is 1. The summed E-state index contributed by atoms with van der Waals surface area (Å²) in [5, 5.41) is 10.1. The first kappa shape index (κ1) is 14.2. The second-order valence-corrected chi connectivity index (χ2v) is 5.38. The highest BCUT2D eigenvalue weighted by Gasteiger charge is 2.15. The molecule has 2 rings (SSSR count). The van der Waals surface area contributed by atoms with Crippen molar-refractivity contribution >= 4 is 15.9 Å². The van der Waals surface area contributed by atoms with E-state index >= 15 is 0 Å². The van der Waals surface area contributed by atoms with Gasteiger partial charge in [0.25, 0.3) is 0 Å². The predicted molar refractivity (Wildman–Crippen MR) is 73.9 cm³/mol. The number of aliphatic hydroxyl groups is 1. The van der Waals surface area contributed by atoms with Gasteiger partial charge in [-0.25, -0.2) is 8.78 Å². The molecule has 1 unspecified atom stereocenters. The highest BCUT2D eigenvalue weighted by molar-refractivity contribution is 9.10. The fraction of sp³-hybridized carbons (Fsp3) is 0.200. The van der Waals surface area contributed by atoms with E-state index in [9.17, 15) is 13.9 Å². The average molecular weight is 327 g/mol. The molecule has 0 spiro atoms. The molecule has 0 saturated carbocycles. The highest BCUT2D eigenvalue weighted by atomic mass is 79.9. The smallest absolute Gasteiger partial charge is 0.131 e. The Balaban J connectivity index is 2.22. The molecule has 2 aromatic carbocycles. The van der Waals surface area contributed by atoms with Gasteiger partial charge in [0.05, 0.1) is 6.10 Å². The van der Waals surface area contributed by atoms with Gasteiger partial charge in [0.15, 0.2) is 0 Å². The summed E-state index contributed by atoms with van der Waals surface area (Å²) in [5.41, 5.74) is 1.34. The number of halogens is 3. The van der Waals surface area contributed by atoms with Gasteiger partial charge in [0.2, 0.25) is 0 Å². The molecule has 4 heteroatoms. The molecule has 0 radical (unpaired) electrons. The Kier molecular flexibility index (Phi) is 4.32. The third-order valence-corrected chi connectivity index (χ3v) is 3.51. The van der Waals surface area contributed by atoms with E-state index in [1.807, 2.05) is 24.3 Å². The van der Waals surface area contributed by atoms with Gasteiger partial charge in [-0.05, 0) is 36.2 Å². The third-order valence-electron chi connectivity index (χ3n) is 2.98. The van der Waals surface area contributed by atoms with E-state index in [4.69, 9.17) is 0 Å². The number of hydrogen-bond acceptors (Lipinski definition) is 1. The lowest BCUT2D eigenvalue weighted by atomic mass is 9.99. The van der Waals surface area contributed by atoms with Crippen molar-refractivity contribution in [2.75, 3.05) is 0 Å². The molecule has 0 heterocycles. The van der Waals surface area contributed by atoms with Crippen molar-refractivity contribution in [2.45, 2.75) is 19.4 Å². The summed E-state index contributed by atoms with van der Waals surface area (Å²) in [5.74, 6) is -1.31. The lowest BCUT2D eigenvalue weighted by Gasteiger charge is -2.13. The topological polar surface area (TPSA) is 20.2 Å². The minimum atomic E-state index is -0.986. The van der Waals surface area contributed by atoms with Crippen LogP contribution >= 0.6 is 15.9 Å². The van der Waals surface area contributed by atoms with Gasteiger partial charge in [-0.3, -0.25) is 0 Å². The Morgan fingerprint density at radius 1 is 1.11 bits per heavy atom. The molecule has 0 aromatic heterocycles. The Morgan fingerprint density at radius 2 is 1.74 bits per heavy atom. The fourth-order valence-electron chi connectivity index (χ4n) is 1.89. The van der Waals surface area contributed by atoms with Crippen LogP contribution in [0.5, 0.6) is 0 Å². The van der Waals surface area contributed by atoms with Crippen LogP contribution in [0.1, 0.15) is 22.8 Å². The average Bonchev–Trinajstić information content (AvgIpc) is 2.36. The summed E-state index contributed by atoms with van der Waals surface area (Å²) in [7, 11) is 0. The maximum atomic E-state index is 13.6. The van der Waals surface area contributed by atoms with Gasteiger partial charge in [0.1, 0.15) is 11.6 Å².